The molecule has 2 amide bonds. The van der Waals surface area contributed by atoms with Gasteiger partial charge in [0.2, 0.25) is 0 Å². The lowest BCUT2D eigenvalue weighted by atomic mass is 9.81. The fourth-order valence-electron chi connectivity index (χ4n) is 7.86. The molecule has 2 unspecified atom stereocenters. The number of carbonyl (C=O) groups excluding carboxylic acids is 2. The van der Waals surface area contributed by atoms with E-state index >= 15 is 0 Å². The molecule has 2 aromatic carbocycles. The summed E-state index contributed by atoms with van der Waals surface area (Å²) >= 11 is 1.36. The van der Waals surface area contributed by atoms with Crippen LogP contribution in [0.3, 0.4) is 0 Å². The van der Waals surface area contributed by atoms with Gasteiger partial charge in [-0.1, -0.05) is 45.6 Å². The number of amides is 2. The SMILES string of the molecule is CCCC(CN(C)CC)=NC(=O)C12CC1c1cc(OC)ccc1-c1c(C3CCCCC3)c3ccc(C(=O)NSCCOC)cc3n1C2. The summed E-state index contributed by atoms with van der Waals surface area (Å²) < 4.78 is 16.3. The predicted molar refractivity (Wildman–Crippen MR) is 192 cm³/mol. The normalized spacial score (nSPS) is 20.8. The number of hydrogen-bond donors (Lipinski definition) is 1. The number of hydrogen-bond acceptors (Lipinski definition) is 6. The van der Waals surface area contributed by atoms with Crippen LogP contribution in [-0.4, -0.2) is 73.7 Å². The third kappa shape index (κ3) is 6.63. The first-order chi connectivity index (χ1) is 22.8. The van der Waals surface area contributed by atoms with Crippen LogP contribution in [0.5, 0.6) is 5.75 Å². The maximum absolute atomic E-state index is 14.5. The zero-order valence-corrected chi connectivity index (χ0v) is 29.5. The van der Waals surface area contributed by atoms with Gasteiger partial charge in [-0.25, -0.2) is 4.99 Å². The van der Waals surface area contributed by atoms with Gasteiger partial charge in [0.15, 0.2) is 0 Å². The number of ether oxygens (including phenoxy) is 2. The summed E-state index contributed by atoms with van der Waals surface area (Å²) in [5, 5.41) is 1.19. The Morgan fingerprint density at radius 3 is 2.64 bits per heavy atom. The van der Waals surface area contributed by atoms with Crippen molar-refractivity contribution in [3.05, 3.63) is 53.1 Å². The molecule has 47 heavy (non-hydrogen) atoms. The Morgan fingerprint density at radius 2 is 1.91 bits per heavy atom. The monoisotopic (exact) mass is 658 g/mol. The van der Waals surface area contributed by atoms with Gasteiger partial charge in [-0.2, -0.15) is 0 Å². The van der Waals surface area contributed by atoms with Gasteiger partial charge >= 0.3 is 0 Å². The van der Waals surface area contributed by atoms with Crippen molar-refractivity contribution in [1.29, 1.82) is 0 Å². The van der Waals surface area contributed by atoms with Crippen molar-refractivity contribution in [3.63, 3.8) is 0 Å². The molecule has 1 aromatic heterocycles. The summed E-state index contributed by atoms with van der Waals surface area (Å²) in [6.45, 7) is 7.00. The number of carbonyl (C=O) groups is 2. The summed E-state index contributed by atoms with van der Waals surface area (Å²) in [6.07, 6.45) is 8.53. The molecule has 6 rings (SSSR count). The smallest absolute Gasteiger partial charge is 0.261 e. The molecule has 3 aliphatic rings. The number of nitrogens with zero attached hydrogens (tertiary/aromatic N) is 3. The molecule has 1 aliphatic heterocycles. The first-order valence-corrected chi connectivity index (χ1v) is 18.4. The van der Waals surface area contributed by atoms with Gasteiger partial charge in [0.25, 0.3) is 11.8 Å². The van der Waals surface area contributed by atoms with Crippen molar-refractivity contribution in [2.45, 2.75) is 83.6 Å². The van der Waals surface area contributed by atoms with E-state index < -0.39 is 5.41 Å². The van der Waals surface area contributed by atoms with Gasteiger partial charge in [-0.3, -0.25) is 14.3 Å². The van der Waals surface area contributed by atoms with Crippen LogP contribution in [0, 0.1) is 5.41 Å². The number of benzene rings is 2. The second kappa shape index (κ2) is 14.5. The van der Waals surface area contributed by atoms with Crippen LogP contribution < -0.4 is 9.46 Å². The number of rotatable bonds is 13. The second-order valence-corrected chi connectivity index (χ2v) is 14.5. The van der Waals surface area contributed by atoms with Gasteiger partial charge in [-0.05, 0) is 98.6 Å². The Hall–Kier alpha value is -3.14. The summed E-state index contributed by atoms with van der Waals surface area (Å²) in [4.78, 5) is 35.0. The molecule has 8 nitrogen and oxygen atoms in total. The molecule has 252 valence electrons. The zero-order chi connectivity index (χ0) is 33.1. The molecule has 3 aromatic rings. The molecule has 2 fully saturated rings. The molecule has 1 N–H and O–H groups in total. The van der Waals surface area contributed by atoms with Gasteiger partial charge in [-0.15, -0.1) is 0 Å². The Balaban J connectivity index is 1.52. The van der Waals surface area contributed by atoms with Crippen molar-refractivity contribution in [1.82, 2.24) is 14.2 Å². The standard InChI is InChI=1S/C38H50N4O4S/c1-6-11-27(23-41(3)7-2)39-37(44)38-22-32(38)31-21-28(46-5)15-17-29(31)35-34(25-12-9-8-10-13-25)30-16-14-26(20-33(30)42(35)24-38)36(43)40-47-19-18-45-4/h14-17,20-21,25,32H,6-13,18-19,22-24H2,1-5H3,(H,40,43). The third-order valence-electron chi connectivity index (χ3n) is 10.6. The lowest BCUT2D eigenvalue weighted by Crippen LogP contribution is -2.28. The molecule has 2 saturated carbocycles. The fraction of sp³-hybridized carbons (Fsp3) is 0.553. The van der Waals surface area contributed by atoms with Crippen LogP contribution in [0.4, 0.5) is 0 Å². The number of fused-ring (bicyclic) bond motifs is 7. The first-order valence-electron chi connectivity index (χ1n) is 17.4. The van der Waals surface area contributed by atoms with Crippen LogP contribution in [0.25, 0.3) is 22.2 Å². The van der Waals surface area contributed by atoms with Crippen molar-refractivity contribution in [3.8, 4) is 17.0 Å². The highest BCUT2D eigenvalue weighted by Crippen LogP contribution is 2.66. The van der Waals surface area contributed by atoms with E-state index in [2.05, 4.69) is 59.3 Å². The molecular weight excluding hydrogens is 609 g/mol. The molecule has 9 heteroatoms. The highest BCUT2D eigenvalue weighted by atomic mass is 32.2. The van der Waals surface area contributed by atoms with Crippen molar-refractivity contribution >= 4 is 40.4 Å². The predicted octanol–water partition coefficient (Wildman–Crippen LogP) is 7.60. The molecule has 0 radical (unpaired) electrons. The van der Waals surface area contributed by atoms with Gasteiger partial charge < -0.3 is 18.9 Å². The van der Waals surface area contributed by atoms with Crippen LogP contribution in [0.15, 0.2) is 41.4 Å². The lowest BCUT2D eigenvalue weighted by molar-refractivity contribution is -0.123. The minimum absolute atomic E-state index is 0.0124. The number of aromatic nitrogens is 1. The van der Waals surface area contributed by atoms with Gasteiger partial charge in [0.1, 0.15) is 5.75 Å². The number of nitrogens with one attached hydrogen (secondary N) is 1. The highest BCUT2D eigenvalue weighted by Gasteiger charge is 2.63. The molecule has 0 spiro atoms. The Labute approximate surface area is 283 Å². The maximum atomic E-state index is 14.5. The van der Waals surface area contributed by atoms with E-state index in [-0.39, 0.29) is 17.7 Å². The van der Waals surface area contributed by atoms with Crippen LogP contribution in [0.2, 0.25) is 0 Å². The van der Waals surface area contributed by atoms with E-state index in [0.717, 1.165) is 55.6 Å². The second-order valence-electron chi connectivity index (χ2n) is 13.6. The van der Waals surface area contributed by atoms with E-state index in [1.54, 1.807) is 14.2 Å². The van der Waals surface area contributed by atoms with Crippen molar-refractivity contribution in [2.75, 3.05) is 46.7 Å². The van der Waals surface area contributed by atoms with E-state index in [1.807, 2.05) is 12.1 Å². The largest absolute Gasteiger partial charge is 0.497 e. The molecule has 2 atom stereocenters. The maximum Gasteiger partial charge on any atom is 0.261 e. The summed E-state index contributed by atoms with van der Waals surface area (Å²) in [5.74, 6) is 1.85. The third-order valence-corrected chi connectivity index (χ3v) is 11.3. The number of aliphatic imine (C=N–C) groups is 1. The molecule has 2 heterocycles. The van der Waals surface area contributed by atoms with Crippen LogP contribution in [0.1, 0.15) is 98.5 Å². The van der Waals surface area contributed by atoms with Crippen molar-refractivity contribution < 1.29 is 19.1 Å². The fourth-order valence-corrected chi connectivity index (χ4v) is 8.46. The number of methoxy groups -OCH3 is 2. The Kier molecular flexibility index (Phi) is 10.4. The lowest BCUT2D eigenvalue weighted by Gasteiger charge is -2.24. The van der Waals surface area contributed by atoms with Gasteiger partial charge in [0, 0.05) is 59.6 Å². The van der Waals surface area contributed by atoms with E-state index in [0.29, 0.717) is 36.9 Å². The van der Waals surface area contributed by atoms with Crippen LogP contribution in [-0.2, 0) is 16.1 Å². The minimum Gasteiger partial charge on any atom is -0.497 e. The summed E-state index contributed by atoms with van der Waals surface area (Å²) in [7, 11) is 5.45. The molecule has 2 aliphatic carbocycles. The Morgan fingerprint density at radius 1 is 1.11 bits per heavy atom. The summed E-state index contributed by atoms with van der Waals surface area (Å²) in [6, 6.07) is 12.6. The quantitative estimate of drug-likeness (QED) is 0.116. The first kappa shape index (κ1) is 33.7. The topological polar surface area (TPSA) is 85.2 Å². The zero-order valence-electron chi connectivity index (χ0n) is 28.7. The highest BCUT2D eigenvalue weighted by molar-refractivity contribution is 7.97. The van der Waals surface area contributed by atoms with Crippen LogP contribution >= 0.6 is 11.9 Å². The van der Waals surface area contributed by atoms with E-state index in [9.17, 15) is 9.59 Å². The average molecular weight is 659 g/mol. The van der Waals surface area contributed by atoms with E-state index in [1.165, 1.54) is 59.0 Å². The Bertz CT molecular complexity index is 1660. The van der Waals surface area contributed by atoms with E-state index in [4.69, 9.17) is 14.5 Å². The molecule has 0 bridgehead atoms. The molecule has 0 saturated heterocycles. The average Bonchev–Trinajstić information content (AvgIpc) is 3.77. The summed E-state index contributed by atoms with van der Waals surface area (Å²) in [5.41, 5.74) is 6.92. The minimum atomic E-state index is -0.639. The molecular formula is C38H50N4O4S. The van der Waals surface area contributed by atoms with Crippen molar-refractivity contribution in [2.24, 2.45) is 10.4 Å². The van der Waals surface area contributed by atoms with Gasteiger partial charge in [0.05, 0.1) is 24.8 Å².